The number of aryl methyl sites for hydroxylation is 1. The molecule has 162 valence electrons. The van der Waals surface area contributed by atoms with Crippen molar-refractivity contribution >= 4 is 17.2 Å². The Hall–Kier alpha value is -2.70. The summed E-state index contributed by atoms with van der Waals surface area (Å²) in [6.07, 6.45) is 2.35. The lowest BCUT2D eigenvalue weighted by Crippen LogP contribution is -2.42. The lowest BCUT2D eigenvalue weighted by Gasteiger charge is -2.36. The van der Waals surface area contributed by atoms with Gasteiger partial charge < -0.3 is 10.3 Å². The van der Waals surface area contributed by atoms with Gasteiger partial charge in [0.15, 0.2) is 0 Å². The minimum Gasteiger partial charge on any atom is -0.350 e. The molecular formula is C25H29N3O2S. The number of nitrogens with one attached hydrogen (secondary N) is 2. The van der Waals surface area contributed by atoms with Gasteiger partial charge in [0.1, 0.15) is 5.56 Å². The Kier molecular flexibility index (Phi) is 6.68. The maximum absolute atomic E-state index is 12.8. The molecule has 2 N–H and O–H groups in total. The van der Waals surface area contributed by atoms with Crippen LogP contribution in [0.5, 0.6) is 0 Å². The summed E-state index contributed by atoms with van der Waals surface area (Å²) in [5, 5.41) is 5.09. The number of aromatic amines is 1. The summed E-state index contributed by atoms with van der Waals surface area (Å²) in [5.41, 5.74) is 2.54. The van der Waals surface area contributed by atoms with Crippen molar-refractivity contribution in [2.24, 2.45) is 5.92 Å². The number of thiophene rings is 1. The third-order valence-electron chi connectivity index (χ3n) is 6.07. The number of carbonyl (C=O) groups is 1. The van der Waals surface area contributed by atoms with Gasteiger partial charge in [-0.25, -0.2) is 0 Å². The predicted molar refractivity (Wildman–Crippen MR) is 127 cm³/mol. The Morgan fingerprint density at radius 1 is 1.19 bits per heavy atom. The van der Waals surface area contributed by atoms with Crippen molar-refractivity contribution in [2.45, 2.75) is 32.7 Å². The van der Waals surface area contributed by atoms with Crippen LogP contribution in [0.4, 0.5) is 0 Å². The average molecular weight is 436 g/mol. The fourth-order valence-corrected chi connectivity index (χ4v) is 5.01. The standard InChI is InChI=1S/C25H29N3O2S/c1-17-10-12-28(13-11-17)22(23-7-4-14-31-23)16-26-24(29)20-8-9-21(27-25(20)30)19-6-3-5-18(2)15-19/h3-9,14-15,17,22H,10-13,16H2,1-2H3,(H,26,29)(H,27,30). The van der Waals surface area contributed by atoms with E-state index in [1.165, 1.54) is 17.7 Å². The van der Waals surface area contributed by atoms with Crippen LogP contribution in [-0.4, -0.2) is 35.4 Å². The molecule has 6 heteroatoms. The molecule has 0 saturated carbocycles. The maximum Gasteiger partial charge on any atom is 0.261 e. The first-order chi connectivity index (χ1) is 15.0. The van der Waals surface area contributed by atoms with Gasteiger partial charge >= 0.3 is 0 Å². The Labute approximate surface area is 187 Å². The normalized spacial score (nSPS) is 16.2. The number of hydrogen-bond acceptors (Lipinski definition) is 4. The number of likely N-dealkylation sites (tertiary alicyclic amines) is 1. The lowest BCUT2D eigenvalue weighted by molar-refractivity contribution is 0.0913. The number of rotatable bonds is 6. The number of hydrogen-bond donors (Lipinski definition) is 2. The van der Waals surface area contributed by atoms with E-state index in [4.69, 9.17) is 0 Å². The Morgan fingerprint density at radius 2 is 2.00 bits per heavy atom. The fraction of sp³-hybridized carbons (Fsp3) is 0.360. The first kappa shape index (κ1) is 21.5. The second-order valence-corrected chi connectivity index (χ2v) is 9.42. The van der Waals surface area contributed by atoms with Crippen LogP contribution >= 0.6 is 11.3 Å². The molecule has 1 saturated heterocycles. The van der Waals surface area contributed by atoms with Crippen LogP contribution < -0.4 is 10.9 Å². The van der Waals surface area contributed by atoms with Crippen LogP contribution in [0.15, 0.2) is 58.7 Å². The third kappa shape index (κ3) is 5.14. The van der Waals surface area contributed by atoms with E-state index in [2.05, 4.69) is 39.6 Å². The summed E-state index contributed by atoms with van der Waals surface area (Å²) in [6, 6.07) is 15.7. The number of pyridine rings is 1. The Balaban J connectivity index is 1.47. The number of H-pyrrole nitrogens is 1. The summed E-state index contributed by atoms with van der Waals surface area (Å²) < 4.78 is 0. The van der Waals surface area contributed by atoms with Crippen LogP contribution in [0.1, 0.15) is 46.6 Å². The first-order valence-corrected chi connectivity index (χ1v) is 11.8. The summed E-state index contributed by atoms with van der Waals surface area (Å²) in [5.74, 6) is 0.421. The number of carbonyl (C=O) groups excluding carboxylic acids is 1. The van der Waals surface area contributed by atoms with E-state index in [1.807, 2.05) is 31.2 Å². The minimum absolute atomic E-state index is 0.141. The van der Waals surface area contributed by atoms with Gasteiger partial charge in [0.2, 0.25) is 0 Å². The van der Waals surface area contributed by atoms with Crippen molar-refractivity contribution in [3.63, 3.8) is 0 Å². The topological polar surface area (TPSA) is 65.2 Å². The summed E-state index contributed by atoms with van der Waals surface area (Å²) in [4.78, 5) is 32.0. The molecule has 1 atom stereocenters. The number of aromatic nitrogens is 1. The second-order valence-electron chi connectivity index (χ2n) is 8.44. The second kappa shape index (κ2) is 9.62. The molecule has 3 aromatic rings. The highest BCUT2D eigenvalue weighted by atomic mass is 32.1. The molecule has 0 bridgehead atoms. The van der Waals surface area contributed by atoms with Crippen LogP contribution in [0.2, 0.25) is 0 Å². The molecule has 1 aromatic carbocycles. The zero-order chi connectivity index (χ0) is 21.8. The number of benzene rings is 1. The molecule has 31 heavy (non-hydrogen) atoms. The fourth-order valence-electron chi connectivity index (χ4n) is 4.15. The maximum atomic E-state index is 12.8. The van der Waals surface area contributed by atoms with Gasteiger partial charge in [-0.15, -0.1) is 11.3 Å². The molecule has 0 spiro atoms. The Morgan fingerprint density at radius 3 is 2.68 bits per heavy atom. The van der Waals surface area contributed by atoms with Crippen molar-refractivity contribution in [2.75, 3.05) is 19.6 Å². The highest BCUT2D eigenvalue weighted by Crippen LogP contribution is 2.29. The van der Waals surface area contributed by atoms with Crippen molar-refractivity contribution in [3.05, 3.63) is 80.3 Å². The molecule has 1 aliphatic heterocycles. The van der Waals surface area contributed by atoms with E-state index in [0.717, 1.165) is 30.1 Å². The van der Waals surface area contributed by atoms with Crippen molar-refractivity contribution in [1.29, 1.82) is 0 Å². The molecule has 4 rings (SSSR count). The molecule has 0 aliphatic carbocycles. The smallest absolute Gasteiger partial charge is 0.261 e. The average Bonchev–Trinajstić information content (AvgIpc) is 3.29. The lowest BCUT2D eigenvalue weighted by atomic mass is 9.97. The van der Waals surface area contributed by atoms with Crippen LogP contribution in [0.25, 0.3) is 11.3 Å². The SMILES string of the molecule is Cc1cccc(-c2ccc(C(=O)NCC(c3cccs3)N3CCC(C)CC3)c(=O)[nH]2)c1. The third-order valence-corrected chi connectivity index (χ3v) is 7.04. The van der Waals surface area contributed by atoms with Gasteiger partial charge in [0, 0.05) is 17.1 Å². The first-order valence-electron chi connectivity index (χ1n) is 10.9. The van der Waals surface area contributed by atoms with E-state index >= 15 is 0 Å². The van der Waals surface area contributed by atoms with Crippen LogP contribution in [0.3, 0.4) is 0 Å². The molecule has 3 heterocycles. The zero-order valence-electron chi connectivity index (χ0n) is 18.1. The van der Waals surface area contributed by atoms with Gasteiger partial charge in [0.25, 0.3) is 11.5 Å². The number of nitrogens with zero attached hydrogens (tertiary/aromatic N) is 1. The highest BCUT2D eigenvalue weighted by Gasteiger charge is 2.26. The summed E-state index contributed by atoms with van der Waals surface area (Å²) >= 11 is 1.72. The molecular weight excluding hydrogens is 406 g/mol. The van der Waals surface area contributed by atoms with E-state index < -0.39 is 0 Å². The molecule has 1 amide bonds. The molecule has 5 nitrogen and oxygen atoms in total. The van der Waals surface area contributed by atoms with E-state index in [1.54, 1.807) is 23.5 Å². The zero-order valence-corrected chi connectivity index (χ0v) is 18.9. The van der Waals surface area contributed by atoms with Gasteiger partial charge in [-0.2, -0.15) is 0 Å². The molecule has 1 aliphatic rings. The van der Waals surface area contributed by atoms with Crippen molar-refractivity contribution in [3.8, 4) is 11.3 Å². The Bertz CT molecular complexity index is 1080. The van der Waals surface area contributed by atoms with Crippen LogP contribution in [0, 0.1) is 12.8 Å². The largest absolute Gasteiger partial charge is 0.350 e. The van der Waals surface area contributed by atoms with E-state index in [0.29, 0.717) is 12.2 Å². The van der Waals surface area contributed by atoms with E-state index in [9.17, 15) is 9.59 Å². The molecule has 2 aromatic heterocycles. The van der Waals surface area contributed by atoms with Gasteiger partial charge in [-0.05, 0) is 74.0 Å². The van der Waals surface area contributed by atoms with Gasteiger partial charge in [0.05, 0.1) is 6.04 Å². The molecule has 1 unspecified atom stereocenters. The monoisotopic (exact) mass is 435 g/mol. The molecule has 0 radical (unpaired) electrons. The van der Waals surface area contributed by atoms with Crippen LogP contribution in [-0.2, 0) is 0 Å². The molecule has 1 fully saturated rings. The van der Waals surface area contributed by atoms with E-state index in [-0.39, 0.29) is 23.1 Å². The number of amides is 1. The van der Waals surface area contributed by atoms with Crippen molar-refractivity contribution in [1.82, 2.24) is 15.2 Å². The van der Waals surface area contributed by atoms with Crippen molar-refractivity contribution < 1.29 is 4.79 Å². The highest BCUT2D eigenvalue weighted by molar-refractivity contribution is 7.10. The minimum atomic E-state index is -0.365. The predicted octanol–water partition coefficient (Wildman–Crippen LogP) is 4.61. The number of piperidine rings is 1. The summed E-state index contributed by atoms with van der Waals surface area (Å²) in [7, 11) is 0. The van der Waals surface area contributed by atoms with Gasteiger partial charge in [-0.1, -0.05) is 36.8 Å². The van der Waals surface area contributed by atoms with Gasteiger partial charge in [-0.3, -0.25) is 14.5 Å². The summed E-state index contributed by atoms with van der Waals surface area (Å²) in [6.45, 7) is 6.87. The quantitative estimate of drug-likeness (QED) is 0.594.